The predicted octanol–water partition coefficient (Wildman–Crippen LogP) is 2.35. The summed E-state index contributed by atoms with van der Waals surface area (Å²) in [6.45, 7) is 5.95. The molecule has 0 amide bonds. The smallest absolute Gasteiger partial charge is 0.137 e. The molecule has 16 heavy (non-hydrogen) atoms. The fourth-order valence-electron chi connectivity index (χ4n) is 2.58. The summed E-state index contributed by atoms with van der Waals surface area (Å²) >= 11 is 0. The van der Waals surface area contributed by atoms with Crippen molar-refractivity contribution in [3.8, 4) is 5.75 Å². The molecule has 0 unspecified atom stereocenters. The van der Waals surface area contributed by atoms with Crippen molar-refractivity contribution in [2.45, 2.75) is 18.4 Å². The number of halogens is 1. The third-order valence-corrected chi connectivity index (χ3v) is 3.53. The minimum Gasteiger partial charge on any atom is -0.482 e. The summed E-state index contributed by atoms with van der Waals surface area (Å²) in [6.07, 6.45) is 1.81. The average Bonchev–Trinajstić information content (AvgIpc) is 2.55. The molecule has 0 saturated carbocycles. The molecule has 0 aliphatic carbocycles. The summed E-state index contributed by atoms with van der Waals surface area (Å²) in [7, 11) is 0. The first-order valence-electron chi connectivity index (χ1n) is 5.60. The fourth-order valence-corrected chi connectivity index (χ4v) is 2.58. The van der Waals surface area contributed by atoms with Crippen LogP contribution in [0.3, 0.4) is 0 Å². The van der Waals surface area contributed by atoms with Crippen molar-refractivity contribution in [3.05, 3.63) is 36.2 Å². The molecule has 84 valence electrons. The molecule has 1 spiro atoms. The Balaban J connectivity index is 2.02. The molecular weight excluding hydrogens is 205 g/mol. The van der Waals surface area contributed by atoms with Crippen molar-refractivity contribution in [1.29, 1.82) is 0 Å². The zero-order valence-corrected chi connectivity index (χ0v) is 9.05. The minimum absolute atomic E-state index is 0.227. The van der Waals surface area contributed by atoms with Crippen molar-refractivity contribution in [2.75, 3.05) is 13.1 Å². The van der Waals surface area contributed by atoms with Crippen LogP contribution in [0.5, 0.6) is 5.75 Å². The highest BCUT2D eigenvalue weighted by atomic mass is 19.1. The first kappa shape index (κ1) is 9.85. The van der Waals surface area contributed by atoms with Gasteiger partial charge in [0.05, 0.1) is 0 Å². The summed E-state index contributed by atoms with van der Waals surface area (Å²) in [4.78, 5) is 0. The second kappa shape index (κ2) is 3.32. The van der Waals surface area contributed by atoms with Crippen LogP contribution in [0.25, 0.3) is 5.57 Å². The van der Waals surface area contributed by atoms with Gasteiger partial charge in [-0.1, -0.05) is 6.58 Å². The largest absolute Gasteiger partial charge is 0.482 e. The highest BCUT2D eigenvalue weighted by molar-refractivity contribution is 5.79. The molecule has 0 bridgehead atoms. The molecule has 1 saturated heterocycles. The number of nitrogens with one attached hydrogen (secondary N) is 1. The van der Waals surface area contributed by atoms with Crippen LogP contribution in [0.1, 0.15) is 18.4 Å². The number of hydrogen-bond acceptors (Lipinski definition) is 2. The van der Waals surface area contributed by atoms with Crippen molar-refractivity contribution in [1.82, 2.24) is 5.32 Å². The molecule has 1 N–H and O–H groups in total. The van der Waals surface area contributed by atoms with Gasteiger partial charge in [0.25, 0.3) is 0 Å². The van der Waals surface area contributed by atoms with E-state index in [0.29, 0.717) is 0 Å². The van der Waals surface area contributed by atoms with Crippen LogP contribution in [0.15, 0.2) is 24.8 Å². The van der Waals surface area contributed by atoms with E-state index < -0.39 is 0 Å². The van der Waals surface area contributed by atoms with Gasteiger partial charge < -0.3 is 10.1 Å². The van der Waals surface area contributed by atoms with E-state index in [2.05, 4.69) is 11.9 Å². The van der Waals surface area contributed by atoms with Gasteiger partial charge in [0.1, 0.15) is 17.2 Å². The van der Waals surface area contributed by atoms with E-state index >= 15 is 0 Å². The lowest BCUT2D eigenvalue weighted by Gasteiger charge is -2.34. The standard InChI is InChI=1S/C13H14FNO/c1-9-11-8-10(14)2-3-12(11)16-13(9)4-6-15-7-5-13/h2-3,8,15H,1,4-7H2. The van der Waals surface area contributed by atoms with Gasteiger partial charge in [0.15, 0.2) is 0 Å². The van der Waals surface area contributed by atoms with E-state index in [-0.39, 0.29) is 11.4 Å². The Labute approximate surface area is 94.1 Å². The molecule has 1 aromatic rings. The average molecular weight is 219 g/mol. The third-order valence-electron chi connectivity index (χ3n) is 3.53. The summed E-state index contributed by atoms with van der Waals surface area (Å²) in [5.74, 6) is 0.544. The maximum Gasteiger partial charge on any atom is 0.137 e. The molecule has 2 heterocycles. The maximum atomic E-state index is 13.2. The molecule has 0 aromatic heterocycles. The Morgan fingerprint density at radius 1 is 1.31 bits per heavy atom. The van der Waals surface area contributed by atoms with Crippen LogP contribution in [0.2, 0.25) is 0 Å². The van der Waals surface area contributed by atoms with Crippen molar-refractivity contribution in [3.63, 3.8) is 0 Å². The highest BCUT2D eigenvalue weighted by Gasteiger charge is 2.43. The number of fused-ring (bicyclic) bond motifs is 1. The van der Waals surface area contributed by atoms with Crippen LogP contribution in [0, 0.1) is 5.82 Å². The highest BCUT2D eigenvalue weighted by Crippen LogP contribution is 2.47. The fraction of sp³-hybridized carbons (Fsp3) is 0.385. The van der Waals surface area contributed by atoms with Gasteiger partial charge in [-0.05, 0) is 36.9 Å². The number of rotatable bonds is 0. The van der Waals surface area contributed by atoms with Gasteiger partial charge >= 0.3 is 0 Å². The molecule has 3 rings (SSSR count). The van der Waals surface area contributed by atoms with E-state index in [9.17, 15) is 4.39 Å². The van der Waals surface area contributed by atoms with Gasteiger partial charge in [0, 0.05) is 18.4 Å². The molecule has 2 nitrogen and oxygen atoms in total. The monoisotopic (exact) mass is 219 g/mol. The topological polar surface area (TPSA) is 21.3 Å². The Morgan fingerprint density at radius 3 is 2.81 bits per heavy atom. The number of benzene rings is 1. The van der Waals surface area contributed by atoms with Crippen LogP contribution < -0.4 is 10.1 Å². The van der Waals surface area contributed by atoms with Gasteiger partial charge in [-0.2, -0.15) is 0 Å². The van der Waals surface area contributed by atoms with E-state index in [1.807, 2.05) is 0 Å². The van der Waals surface area contributed by atoms with Crippen LogP contribution >= 0.6 is 0 Å². The molecule has 1 fully saturated rings. The van der Waals surface area contributed by atoms with Crippen LogP contribution in [0.4, 0.5) is 4.39 Å². The quantitative estimate of drug-likeness (QED) is 0.723. The summed E-state index contributed by atoms with van der Waals surface area (Å²) in [5, 5.41) is 3.30. The van der Waals surface area contributed by atoms with Crippen LogP contribution in [-0.2, 0) is 0 Å². The lowest BCUT2D eigenvalue weighted by molar-refractivity contribution is 0.109. The lowest BCUT2D eigenvalue weighted by Crippen LogP contribution is -2.44. The van der Waals surface area contributed by atoms with Gasteiger partial charge in [-0.3, -0.25) is 0 Å². The Morgan fingerprint density at radius 2 is 2.06 bits per heavy atom. The van der Waals surface area contributed by atoms with Gasteiger partial charge in [0.2, 0.25) is 0 Å². The van der Waals surface area contributed by atoms with E-state index in [1.165, 1.54) is 12.1 Å². The molecule has 2 aliphatic rings. The van der Waals surface area contributed by atoms with Gasteiger partial charge in [-0.15, -0.1) is 0 Å². The molecule has 1 aromatic carbocycles. The Kier molecular flexibility index (Phi) is 2.04. The SMILES string of the molecule is C=C1c2cc(F)ccc2OC12CCNCC2. The zero-order valence-electron chi connectivity index (χ0n) is 9.05. The zero-order chi connectivity index (χ0) is 11.2. The van der Waals surface area contributed by atoms with Crippen LogP contribution in [-0.4, -0.2) is 18.7 Å². The first-order valence-corrected chi connectivity index (χ1v) is 5.60. The second-order valence-electron chi connectivity index (χ2n) is 4.47. The summed E-state index contributed by atoms with van der Waals surface area (Å²) in [5.41, 5.74) is 1.48. The predicted molar refractivity (Wildman–Crippen MR) is 60.9 cm³/mol. The first-order chi connectivity index (χ1) is 7.71. The summed E-state index contributed by atoms with van der Waals surface area (Å²) < 4.78 is 19.2. The van der Waals surface area contributed by atoms with Gasteiger partial charge in [-0.25, -0.2) is 4.39 Å². The molecule has 2 aliphatic heterocycles. The van der Waals surface area contributed by atoms with E-state index in [4.69, 9.17) is 4.74 Å². The minimum atomic E-state index is -0.290. The number of ether oxygens (including phenoxy) is 1. The molecule has 3 heteroatoms. The number of piperidine rings is 1. The molecule has 0 radical (unpaired) electrons. The number of hydrogen-bond donors (Lipinski definition) is 1. The lowest BCUT2D eigenvalue weighted by atomic mass is 9.84. The maximum absolute atomic E-state index is 13.2. The molecular formula is C13H14FNO. The second-order valence-corrected chi connectivity index (χ2v) is 4.47. The van der Waals surface area contributed by atoms with Crippen molar-refractivity contribution < 1.29 is 9.13 Å². The Bertz CT molecular complexity index is 449. The van der Waals surface area contributed by atoms with Crippen molar-refractivity contribution in [2.24, 2.45) is 0 Å². The third kappa shape index (κ3) is 1.28. The normalized spacial score (nSPS) is 21.9. The Hall–Kier alpha value is -1.35. The van der Waals surface area contributed by atoms with E-state index in [1.54, 1.807) is 6.07 Å². The summed E-state index contributed by atoms with van der Waals surface area (Å²) in [6, 6.07) is 4.66. The molecule has 0 atom stereocenters. The van der Waals surface area contributed by atoms with Crippen molar-refractivity contribution >= 4 is 5.57 Å². The van der Waals surface area contributed by atoms with E-state index in [0.717, 1.165) is 42.8 Å².